The number of para-hydroxylation sites is 1. The molecule has 4 nitrogen and oxygen atoms in total. The topological polar surface area (TPSA) is 49.4 Å². The number of nitrogens with zero attached hydrogens (tertiary/aromatic N) is 1. The van der Waals surface area contributed by atoms with Crippen LogP contribution >= 0.6 is 0 Å². The first-order valence-corrected chi connectivity index (χ1v) is 8.40. The third-order valence-electron chi connectivity index (χ3n) is 3.94. The summed E-state index contributed by atoms with van der Waals surface area (Å²) in [5, 5.41) is 2.53. The largest absolute Gasteiger partial charge is 0.342 e. The van der Waals surface area contributed by atoms with Crippen LogP contribution in [0.25, 0.3) is 0 Å². The zero-order chi connectivity index (χ0) is 18.1. The Morgan fingerprint density at radius 1 is 1.00 bits per heavy atom. The average molecular weight is 342 g/mol. The molecule has 0 aliphatic carbocycles. The number of amides is 2. The van der Waals surface area contributed by atoms with Crippen molar-refractivity contribution in [2.24, 2.45) is 0 Å². The van der Waals surface area contributed by atoms with Crippen molar-refractivity contribution in [1.29, 1.82) is 0 Å². The van der Waals surface area contributed by atoms with Crippen LogP contribution in [0.2, 0.25) is 0 Å². The highest BCUT2D eigenvalue weighted by atomic mass is 19.1. The second kappa shape index (κ2) is 9.57. The zero-order valence-electron chi connectivity index (χ0n) is 14.4. The quantitative estimate of drug-likeness (QED) is 0.796. The molecule has 1 N–H and O–H groups in total. The Morgan fingerprint density at radius 3 is 2.36 bits per heavy atom. The summed E-state index contributed by atoms with van der Waals surface area (Å²) >= 11 is 0. The minimum atomic E-state index is -0.470. The summed E-state index contributed by atoms with van der Waals surface area (Å²) in [6.45, 7) is 2.42. The lowest BCUT2D eigenvalue weighted by atomic mass is 10.1. The van der Waals surface area contributed by atoms with Gasteiger partial charge >= 0.3 is 0 Å². The summed E-state index contributed by atoms with van der Waals surface area (Å²) in [7, 11) is 0. The van der Waals surface area contributed by atoms with E-state index in [4.69, 9.17) is 0 Å². The molecule has 0 spiro atoms. The van der Waals surface area contributed by atoms with Gasteiger partial charge in [0.05, 0.1) is 5.69 Å². The minimum absolute atomic E-state index is 0.0632. The van der Waals surface area contributed by atoms with Crippen LogP contribution in [0.4, 0.5) is 10.1 Å². The number of halogens is 1. The molecule has 0 unspecified atom stereocenters. The van der Waals surface area contributed by atoms with E-state index in [0.29, 0.717) is 13.1 Å². The van der Waals surface area contributed by atoms with Crippen molar-refractivity contribution in [3.63, 3.8) is 0 Å². The van der Waals surface area contributed by atoms with Crippen molar-refractivity contribution >= 4 is 17.5 Å². The first-order chi connectivity index (χ1) is 12.1. The fourth-order valence-corrected chi connectivity index (χ4v) is 2.56. The van der Waals surface area contributed by atoms with Gasteiger partial charge in [-0.2, -0.15) is 0 Å². The Morgan fingerprint density at radius 2 is 1.68 bits per heavy atom. The van der Waals surface area contributed by atoms with Gasteiger partial charge in [0.25, 0.3) is 0 Å². The van der Waals surface area contributed by atoms with Gasteiger partial charge in [-0.25, -0.2) is 4.39 Å². The van der Waals surface area contributed by atoms with E-state index < -0.39 is 5.82 Å². The minimum Gasteiger partial charge on any atom is -0.342 e. The highest BCUT2D eigenvalue weighted by molar-refractivity contribution is 5.91. The molecule has 0 aliphatic rings. The lowest BCUT2D eigenvalue weighted by Crippen LogP contribution is -2.33. The van der Waals surface area contributed by atoms with Crippen molar-refractivity contribution in [3.8, 4) is 0 Å². The molecule has 0 bridgehead atoms. The van der Waals surface area contributed by atoms with Crippen molar-refractivity contribution < 1.29 is 14.0 Å². The fraction of sp³-hybridized carbons (Fsp3) is 0.300. The van der Waals surface area contributed by atoms with Gasteiger partial charge in [0.15, 0.2) is 0 Å². The van der Waals surface area contributed by atoms with Gasteiger partial charge < -0.3 is 10.2 Å². The van der Waals surface area contributed by atoms with Crippen LogP contribution in [-0.4, -0.2) is 29.8 Å². The van der Waals surface area contributed by atoms with Gasteiger partial charge in [-0.05, 0) is 30.5 Å². The number of rotatable bonds is 8. The van der Waals surface area contributed by atoms with Crippen LogP contribution in [-0.2, 0) is 16.0 Å². The molecule has 0 radical (unpaired) electrons. The first-order valence-electron chi connectivity index (χ1n) is 8.40. The third-order valence-corrected chi connectivity index (χ3v) is 3.94. The van der Waals surface area contributed by atoms with E-state index in [1.165, 1.54) is 24.6 Å². The number of hydrogen-bond acceptors (Lipinski definition) is 2. The maximum atomic E-state index is 13.5. The van der Waals surface area contributed by atoms with E-state index in [9.17, 15) is 14.0 Å². The van der Waals surface area contributed by atoms with Crippen LogP contribution in [0.15, 0.2) is 54.6 Å². The van der Waals surface area contributed by atoms with Crippen LogP contribution in [0.1, 0.15) is 25.3 Å². The monoisotopic (exact) mass is 342 g/mol. The summed E-state index contributed by atoms with van der Waals surface area (Å²) in [4.78, 5) is 25.4. The van der Waals surface area contributed by atoms with Crippen molar-refractivity contribution in [1.82, 2.24) is 4.90 Å². The van der Waals surface area contributed by atoms with Gasteiger partial charge in [0.1, 0.15) is 5.82 Å². The Hall–Kier alpha value is -2.69. The summed E-state index contributed by atoms with van der Waals surface area (Å²) in [6.07, 6.45) is 1.85. The Labute approximate surface area is 147 Å². The number of carbonyl (C=O) groups excluding carboxylic acids is 2. The molecular weight excluding hydrogens is 319 g/mol. The molecule has 0 saturated carbocycles. The summed E-state index contributed by atoms with van der Waals surface area (Å²) in [5.74, 6) is -0.840. The van der Waals surface area contributed by atoms with E-state index in [1.54, 1.807) is 17.0 Å². The number of carbonyl (C=O) groups is 2. The highest BCUT2D eigenvalue weighted by Gasteiger charge is 2.12. The van der Waals surface area contributed by atoms with E-state index in [-0.39, 0.29) is 23.9 Å². The van der Waals surface area contributed by atoms with Crippen LogP contribution < -0.4 is 5.32 Å². The highest BCUT2D eigenvalue weighted by Crippen LogP contribution is 2.12. The molecule has 2 aromatic carbocycles. The molecule has 2 amide bonds. The molecule has 0 aromatic heterocycles. The molecule has 0 fully saturated rings. The van der Waals surface area contributed by atoms with Gasteiger partial charge in [-0.1, -0.05) is 42.5 Å². The Kier molecular flexibility index (Phi) is 7.14. The number of anilines is 1. The van der Waals surface area contributed by atoms with Crippen LogP contribution in [0.5, 0.6) is 0 Å². The summed E-state index contributed by atoms with van der Waals surface area (Å²) in [6, 6.07) is 16.1. The van der Waals surface area contributed by atoms with Gasteiger partial charge in [-0.3, -0.25) is 9.59 Å². The second-order valence-corrected chi connectivity index (χ2v) is 5.87. The standard InChI is InChI=1S/C20H23FN2O2/c1-16(24)23(14-7-10-17-8-3-2-4-9-17)15-13-20(25)22-19-12-6-5-11-18(19)21/h2-6,8-9,11-12H,7,10,13-15H2,1H3,(H,22,25). The van der Waals surface area contributed by atoms with E-state index in [0.717, 1.165) is 12.8 Å². The van der Waals surface area contributed by atoms with Crippen LogP contribution in [0, 0.1) is 5.82 Å². The number of nitrogens with one attached hydrogen (secondary N) is 1. The van der Waals surface area contributed by atoms with Gasteiger partial charge in [0, 0.05) is 26.4 Å². The summed E-state index contributed by atoms with van der Waals surface area (Å²) < 4.78 is 13.5. The Balaban J connectivity index is 1.78. The number of hydrogen-bond donors (Lipinski definition) is 1. The molecule has 0 saturated heterocycles. The molecule has 0 heterocycles. The van der Waals surface area contributed by atoms with E-state index >= 15 is 0 Å². The smallest absolute Gasteiger partial charge is 0.226 e. The molecule has 132 valence electrons. The van der Waals surface area contributed by atoms with E-state index in [1.807, 2.05) is 18.2 Å². The van der Waals surface area contributed by atoms with E-state index in [2.05, 4.69) is 17.4 Å². The third kappa shape index (κ3) is 6.37. The lowest BCUT2D eigenvalue weighted by molar-refractivity contribution is -0.129. The van der Waals surface area contributed by atoms with Crippen molar-refractivity contribution in [2.75, 3.05) is 18.4 Å². The predicted octanol–water partition coefficient (Wildman–Crippen LogP) is 3.64. The molecule has 0 atom stereocenters. The molecule has 2 aromatic rings. The average Bonchev–Trinajstić information content (AvgIpc) is 2.60. The zero-order valence-corrected chi connectivity index (χ0v) is 14.4. The SMILES string of the molecule is CC(=O)N(CCCc1ccccc1)CCC(=O)Nc1ccccc1F. The van der Waals surface area contributed by atoms with Gasteiger partial charge in [-0.15, -0.1) is 0 Å². The number of aryl methyl sites for hydroxylation is 1. The molecule has 2 rings (SSSR count). The number of benzene rings is 2. The fourth-order valence-electron chi connectivity index (χ4n) is 2.56. The van der Waals surface area contributed by atoms with Crippen molar-refractivity contribution in [3.05, 3.63) is 66.0 Å². The predicted molar refractivity (Wildman–Crippen MR) is 96.7 cm³/mol. The van der Waals surface area contributed by atoms with Crippen molar-refractivity contribution in [2.45, 2.75) is 26.2 Å². The maximum absolute atomic E-state index is 13.5. The first kappa shape index (κ1) is 18.6. The molecule has 25 heavy (non-hydrogen) atoms. The van der Waals surface area contributed by atoms with Crippen LogP contribution in [0.3, 0.4) is 0 Å². The molecule has 0 aliphatic heterocycles. The maximum Gasteiger partial charge on any atom is 0.226 e. The lowest BCUT2D eigenvalue weighted by Gasteiger charge is -2.21. The second-order valence-electron chi connectivity index (χ2n) is 5.87. The molecule has 5 heteroatoms. The summed E-state index contributed by atoms with van der Waals surface area (Å²) in [5.41, 5.74) is 1.38. The molecular formula is C20H23FN2O2. The normalized spacial score (nSPS) is 10.3. The van der Waals surface area contributed by atoms with Gasteiger partial charge in [0.2, 0.25) is 11.8 Å². The Bertz CT molecular complexity index is 704.